The van der Waals surface area contributed by atoms with E-state index in [0.717, 1.165) is 18.3 Å². The molecule has 2 aliphatic rings. The second kappa shape index (κ2) is 6.16. The van der Waals surface area contributed by atoms with E-state index in [1.54, 1.807) is 0 Å². The molecule has 3 rings (SSSR count). The van der Waals surface area contributed by atoms with Gasteiger partial charge in [-0.3, -0.25) is 14.5 Å². The predicted molar refractivity (Wildman–Crippen MR) is 84.8 cm³/mol. The van der Waals surface area contributed by atoms with Crippen LogP contribution in [0.1, 0.15) is 37.1 Å². The van der Waals surface area contributed by atoms with E-state index in [9.17, 15) is 0 Å². The lowest BCUT2D eigenvalue weighted by molar-refractivity contribution is 0.0921. The molecule has 1 aliphatic heterocycles. The monoisotopic (exact) mass is 340 g/mol. The minimum atomic E-state index is 0.878. The van der Waals surface area contributed by atoms with Crippen molar-refractivity contribution < 1.29 is 0 Å². The lowest BCUT2D eigenvalue weighted by Crippen LogP contribution is -2.49. The third-order valence-electron chi connectivity index (χ3n) is 4.88. The quantitative estimate of drug-likeness (QED) is 0.845. The smallest absolute Gasteiger partial charge is 0.0739 e. The van der Waals surface area contributed by atoms with E-state index in [-0.39, 0.29) is 0 Å². The summed E-state index contributed by atoms with van der Waals surface area (Å²) in [5.74, 6) is 0. The zero-order valence-corrected chi connectivity index (χ0v) is 14.2. The largest absolute Gasteiger partial charge is 0.298 e. The molecule has 0 bridgehead atoms. The molecule has 0 N–H and O–H groups in total. The van der Waals surface area contributed by atoms with Gasteiger partial charge >= 0.3 is 0 Å². The first-order valence-electron chi connectivity index (χ1n) is 7.79. The van der Waals surface area contributed by atoms with Gasteiger partial charge in [0.25, 0.3) is 0 Å². The Morgan fingerprint density at radius 1 is 1.15 bits per heavy atom. The van der Waals surface area contributed by atoms with Crippen LogP contribution in [0.5, 0.6) is 0 Å². The molecule has 0 unspecified atom stereocenters. The molecule has 0 spiro atoms. The van der Waals surface area contributed by atoms with Crippen molar-refractivity contribution in [2.75, 3.05) is 26.2 Å². The van der Waals surface area contributed by atoms with Crippen molar-refractivity contribution in [3.63, 3.8) is 0 Å². The molecule has 4 nitrogen and oxygen atoms in total. The Bertz CT molecular complexity index is 457. The third kappa shape index (κ3) is 2.95. The fraction of sp³-hybridized carbons (Fsp3) is 0.800. The fourth-order valence-electron chi connectivity index (χ4n) is 3.62. The van der Waals surface area contributed by atoms with Gasteiger partial charge in [0.2, 0.25) is 0 Å². The Morgan fingerprint density at radius 3 is 2.35 bits per heavy atom. The summed E-state index contributed by atoms with van der Waals surface area (Å²) in [4.78, 5) is 5.28. The van der Waals surface area contributed by atoms with Gasteiger partial charge in [0.1, 0.15) is 0 Å². The van der Waals surface area contributed by atoms with Crippen LogP contribution in [0.3, 0.4) is 0 Å². The zero-order chi connectivity index (χ0) is 14.1. The van der Waals surface area contributed by atoms with Crippen molar-refractivity contribution in [3.05, 3.63) is 15.9 Å². The Kier molecular flexibility index (Phi) is 4.48. The molecular formula is C15H25BrN4. The lowest BCUT2D eigenvalue weighted by atomic mass is 10.2. The van der Waals surface area contributed by atoms with Gasteiger partial charge in [-0.15, -0.1) is 0 Å². The van der Waals surface area contributed by atoms with Gasteiger partial charge in [0.15, 0.2) is 0 Å². The second-order valence-corrected chi connectivity index (χ2v) is 7.01. The second-order valence-electron chi connectivity index (χ2n) is 6.22. The summed E-state index contributed by atoms with van der Waals surface area (Å²) >= 11 is 3.67. The van der Waals surface area contributed by atoms with Crippen molar-refractivity contribution >= 4 is 15.9 Å². The maximum Gasteiger partial charge on any atom is 0.0739 e. The highest BCUT2D eigenvalue weighted by Gasteiger charge is 2.26. The predicted octanol–water partition coefficient (Wildman–Crippen LogP) is 2.55. The van der Waals surface area contributed by atoms with E-state index >= 15 is 0 Å². The molecule has 0 aromatic carbocycles. The Labute approximate surface area is 130 Å². The SMILES string of the molecule is Cc1nn(C)c(CN2CCN(C3CCCC3)CC2)c1Br. The molecule has 1 saturated heterocycles. The van der Waals surface area contributed by atoms with Gasteiger partial charge in [-0.05, 0) is 35.7 Å². The molecule has 0 radical (unpaired) electrons. The zero-order valence-electron chi connectivity index (χ0n) is 12.6. The van der Waals surface area contributed by atoms with Crippen molar-refractivity contribution in [2.45, 2.75) is 45.2 Å². The molecule has 2 fully saturated rings. The van der Waals surface area contributed by atoms with Crippen LogP contribution < -0.4 is 0 Å². The van der Waals surface area contributed by atoms with E-state index in [1.165, 1.54) is 62.0 Å². The summed E-state index contributed by atoms with van der Waals surface area (Å²) < 4.78 is 3.20. The van der Waals surface area contributed by atoms with Crippen LogP contribution in [0.4, 0.5) is 0 Å². The van der Waals surface area contributed by atoms with Crippen LogP contribution in [-0.4, -0.2) is 51.8 Å². The van der Waals surface area contributed by atoms with Crippen LogP contribution >= 0.6 is 15.9 Å². The van der Waals surface area contributed by atoms with Gasteiger partial charge in [0.05, 0.1) is 15.9 Å². The summed E-state index contributed by atoms with van der Waals surface area (Å²) in [6.07, 6.45) is 5.72. The van der Waals surface area contributed by atoms with Crippen molar-refractivity contribution in [1.29, 1.82) is 0 Å². The van der Waals surface area contributed by atoms with Crippen LogP contribution in [0, 0.1) is 6.92 Å². The molecule has 0 atom stereocenters. The highest BCUT2D eigenvalue weighted by molar-refractivity contribution is 9.10. The first-order valence-corrected chi connectivity index (χ1v) is 8.59. The van der Waals surface area contributed by atoms with Gasteiger partial charge in [-0.25, -0.2) is 0 Å². The molecule has 0 amide bonds. The Balaban J connectivity index is 1.55. The summed E-state index contributed by atoms with van der Waals surface area (Å²) in [6.45, 7) is 7.92. The molecule has 2 heterocycles. The number of piperazine rings is 1. The van der Waals surface area contributed by atoms with Gasteiger partial charge in [-0.1, -0.05) is 12.8 Å². The van der Waals surface area contributed by atoms with Gasteiger partial charge in [0, 0.05) is 45.8 Å². The van der Waals surface area contributed by atoms with E-state index in [0.29, 0.717) is 0 Å². The molecule has 1 aromatic rings. The highest BCUT2D eigenvalue weighted by Crippen LogP contribution is 2.26. The first kappa shape index (κ1) is 14.5. The molecule has 1 aliphatic carbocycles. The molecular weight excluding hydrogens is 316 g/mol. The Hall–Kier alpha value is -0.390. The van der Waals surface area contributed by atoms with Gasteiger partial charge in [-0.2, -0.15) is 5.10 Å². The molecule has 20 heavy (non-hydrogen) atoms. The normalized spacial score (nSPS) is 22.8. The van der Waals surface area contributed by atoms with Gasteiger partial charge < -0.3 is 0 Å². The number of halogens is 1. The standard InChI is InChI=1S/C15H25BrN4/c1-12-15(16)14(18(2)17-12)11-19-7-9-20(10-8-19)13-5-3-4-6-13/h13H,3-11H2,1-2H3. The number of aryl methyl sites for hydroxylation is 2. The maximum absolute atomic E-state index is 4.49. The molecule has 5 heteroatoms. The number of aromatic nitrogens is 2. The minimum Gasteiger partial charge on any atom is -0.298 e. The average molecular weight is 341 g/mol. The Morgan fingerprint density at radius 2 is 1.80 bits per heavy atom. The summed E-state index contributed by atoms with van der Waals surface area (Å²) in [6, 6.07) is 0.878. The first-order chi connectivity index (χ1) is 9.65. The van der Waals surface area contributed by atoms with Crippen LogP contribution in [0.15, 0.2) is 4.47 Å². The highest BCUT2D eigenvalue weighted by atomic mass is 79.9. The van der Waals surface area contributed by atoms with Crippen molar-refractivity contribution in [2.24, 2.45) is 7.05 Å². The number of rotatable bonds is 3. The van der Waals surface area contributed by atoms with E-state index in [2.05, 4.69) is 37.8 Å². The number of hydrogen-bond donors (Lipinski definition) is 0. The van der Waals surface area contributed by atoms with Crippen molar-refractivity contribution in [3.8, 4) is 0 Å². The maximum atomic E-state index is 4.49. The molecule has 112 valence electrons. The average Bonchev–Trinajstić information content (AvgIpc) is 3.05. The van der Waals surface area contributed by atoms with E-state index in [4.69, 9.17) is 0 Å². The number of nitrogens with zero attached hydrogens (tertiary/aromatic N) is 4. The van der Waals surface area contributed by atoms with Crippen molar-refractivity contribution in [1.82, 2.24) is 19.6 Å². The number of hydrogen-bond acceptors (Lipinski definition) is 3. The summed E-state index contributed by atoms with van der Waals surface area (Å²) in [5, 5.41) is 4.49. The van der Waals surface area contributed by atoms with E-state index < -0.39 is 0 Å². The van der Waals surface area contributed by atoms with Crippen LogP contribution in [-0.2, 0) is 13.6 Å². The third-order valence-corrected chi connectivity index (χ3v) is 5.91. The lowest BCUT2D eigenvalue weighted by Gasteiger charge is -2.38. The van der Waals surface area contributed by atoms with E-state index in [1.807, 2.05) is 11.7 Å². The topological polar surface area (TPSA) is 24.3 Å². The summed E-state index contributed by atoms with van der Waals surface area (Å²) in [5.41, 5.74) is 2.39. The van der Waals surface area contributed by atoms with Crippen LogP contribution in [0.25, 0.3) is 0 Å². The fourth-order valence-corrected chi connectivity index (χ4v) is 4.08. The molecule has 1 saturated carbocycles. The summed E-state index contributed by atoms with van der Waals surface area (Å²) in [7, 11) is 2.04. The molecule has 1 aromatic heterocycles. The minimum absolute atomic E-state index is 0.878. The van der Waals surface area contributed by atoms with Crippen LogP contribution in [0.2, 0.25) is 0 Å².